The van der Waals surface area contributed by atoms with Gasteiger partial charge in [0.25, 0.3) is 0 Å². The van der Waals surface area contributed by atoms with Crippen molar-refractivity contribution in [3.63, 3.8) is 0 Å². The van der Waals surface area contributed by atoms with Crippen molar-refractivity contribution >= 4 is 0 Å². The van der Waals surface area contributed by atoms with Crippen LogP contribution < -0.4 is 0 Å². The van der Waals surface area contributed by atoms with Gasteiger partial charge in [-0.1, -0.05) is 122 Å². The van der Waals surface area contributed by atoms with Crippen LogP contribution in [0.25, 0.3) is 0 Å². The maximum absolute atomic E-state index is 2.16. The lowest BCUT2D eigenvalue weighted by molar-refractivity contribution is 1.09. The average molecular weight is 289 g/mol. The predicted molar refractivity (Wildman–Crippen MR) is 101 cm³/mol. The Morgan fingerprint density at radius 2 is 0.762 bits per heavy atom. The topological polar surface area (TPSA) is 0 Å². The van der Waals surface area contributed by atoms with Crippen LogP contribution in [0.1, 0.15) is 60.5 Å². The van der Waals surface area contributed by atoms with E-state index in [0.29, 0.717) is 0 Å². The summed E-state index contributed by atoms with van der Waals surface area (Å²) in [6.07, 6.45) is 2.39. The fourth-order valence-electron chi connectivity index (χ4n) is 1.10. The summed E-state index contributed by atoms with van der Waals surface area (Å²) < 4.78 is 0. The lowest BCUT2D eigenvalue weighted by Crippen LogP contribution is -1.73. The van der Waals surface area contributed by atoms with Gasteiger partial charge in [0.05, 0.1) is 0 Å². The number of aryl methyl sites for hydroxylation is 1. The molecule has 0 unspecified atom stereocenters. The van der Waals surface area contributed by atoms with E-state index < -0.39 is 0 Å². The van der Waals surface area contributed by atoms with E-state index in [0.717, 1.165) is 6.42 Å². The normalized spacial score (nSPS) is 7.19. The maximum atomic E-state index is 2.16. The number of hydrogen-bond donors (Lipinski definition) is 0. The van der Waals surface area contributed by atoms with Gasteiger partial charge in [-0.25, -0.2) is 0 Å². The van der Waals surface area contributed by atoms with Crippen molar-refractivity contribution in [2.24, 2.45) is 0 Å². The van der Waals surface area contributed by atoms with E-state index in [1.807, 2.05) is 70.2 Å². The Morgan fingerprint density at radius 3 is 0.952 bits per heavy atom. The first-order chi connectivity index (χ1) is 10.3. The fourth-order valence-corrected chi connectivity index (χ4v) is 1.10. The number of benzene rings is 2. The molecule has 0 atom stereocenters. The minimum absolute atomic E-state index is 1.14. The van der Waals surface area contributed by atoms with Crippen LogP contribution >= 0.6 is 0 Å². The zero-order valence-corrected chi connectivity index (χ0v) is 15.3. The van der Waals surface area contributed by atoms with Gasteiger partial charge in [0.1, 0.15) is 0 Å². The highest BCUT2D eigenvalue weighted by Crippen LogP contribution is 1.96. The van der Waals surface area contributed by atoms with Crippen LogP contribution in [0.4, 0.5) is 0 Å². The molecule has 0 amide bonds. The van der Waals surface area contributed by atoms with Crippen molar-refractivity contribution in [3.8, 4) is 0 Å². The zero-order valence-electron chi connectivity index (χ0n) is 15.3. The van der Waals surface area contributed by atoms with Crippen molar-refractivity contribution in [1.82, 2.24) is 0 Å². The minimum Gasteiger partial charge on any atom is -0.0683 e. The molecule has 0 saturated carbocycles. The molecule has 0 aromatic heterocycles. The van der Waals surface area contributed by atoms with Crippen molar-refractivity contribution in [2.75, 3.05) is 0 Å². The van der Waals surface area contributed by atoms with E-state index in [2.05, 4.69) is 45.0 Å². The molecule has 0 fully saturated rings. The van der Waals surface area contributed by atoms with Crippen LogP contribution in [-0.2, 0) is 6.42 Å². The molecule has 0 nitrogen and oxygen atoms in total. The molecule has 2 rings (SSSR count). The molecule has 0 heteroatoms. The molecular formula is C21H36. The van der Waals surface area contributed by atoms with Crippen LogP contribution in [0.3, 0.4) is 0 Å². The Morgan fingerprint density at radius 1 is 0.524 bits per heavy atom. The van der Waals surface area contributed by atoms with Crippen molar-refractivity contribution in [3.05, 3.63) is 72.3 Å². The molecule has 21 heavy (non-hydrogen) atoms. The smallest absolute Gasteiger partial charge is 0.0307 e. The second-order valence-corrected chi connectivity index (χ2v) is 3.70. The van der Waals surface area contributed by atoms with Gasteiger partial charge in [-0.2, -0.15) is 0 Å². The Bertz CT molecular complexity index is 297. The van der Waals surface area contributed by atoms with Gasteiger partial charge in [-0.05, 0) is 12.0 Å². The minimum atomic E-state index is 1.14. The van der Waals surface area contributed by atoms with Gasteiger partial charge in [-0.3, -0.25) is 0 Å². The third-order valence-electron chi connectivity index (χ3n) is 1.92. The Labute approximate surface area is 134 Å². The lowest BCUT2D eigenvalue weighted by atomic mass is 10.2. The average Bonchev–Trinajstić information content (AvgIpc) is 2.62. The second kappa shape index (κ2) is 26.9. The lowest BCUT2D eigenvalue weighted by Gasteiger charge is -1.89. The van der Waals surface area contributed by atoms with Crippen molar-refractivity contribution in [2.45, 2.75) is 61.3 Å². The van der Waals surface area contributed by atoms with Crippen LogP contribution in [0, 0.1) is 0 Å². The van der Waals surface area contributed by atoms with Crippen LogP contribution in [0.2, 0.25) is 0 Å². The Hall–Kier alpha value is -1.56. The molecular weight excluding hydrogens is 252 g/mol. The van der Waals surface area contributed by atoms with Gasteiger partial charge in [-0.15, -0.1) is 0 Å². The molecule has 2 aromatic rings. The summed E-state index contributed by atoms with van der Waals surface area (Å²) >= 11 is 0. The summed E-state index contributed by atoms with van der Waals surface area (Å²) in [5.74, 6) is 0. The summed E-state index contributed by atoms with van der Waals surface area (Å²) in [4.78, 5) is 0. The Balaban J connectivity index is -0.000000222. The highest BCUT2D eigenvalue weighted by Gasteiger charge is 1.79. The van der Waals surface area contributed by atoms with Crippen LogP contribution in [0.5, 0.6) is 0 Å². The molecule has 0 saturated heterocycles. The molecule has 2 aromatic carbocycles. The Kier molecular flexibility index (Phi) is 31.3. The second-order valence-electron chi connectivity index (χ2n) is 3.70. The first-order valence-electron chi connectivity index (χ1n) is 8.39. The molecule has 0 N–H and O–H groups in total. The van der Waals surface area contributed by atoms with Crippen molar-refractivity contribution < 1.29 is 0 Å². The fraction of sp³-hybridized carbons (Fsp3) is 0.429. The molecule has 0 spiro atoms. The number of rotatable bonds is 1. The van der Waals surface area contributed by atoms with Gasteiger partial charge < -0.3 is 0 Å². The summed E-state index contributed by atoms with van der Waals surface area (Å²) in [6.45, 7) is 14.4. The monoisotopic (exact) mass is 288 g/mol. The van der Waals surface area contributed by atoms with Gasteiger partial charge in [0.2, 0.25) is 0 Å². The van der Waals surface area contributed by atoms with Gasteiger partial charge in [0.15, 0.2) is 0 Å². The van der Waals surface area contributed by atoms with Crippen LogP contribution in [0.15, 0.2) is 66.7 Å². The van der Waals surface area contributed by atoms with E-state index in [4.69, 9.17) is 0 Å². The quantitative estimate of drug-likeness (QED) is 0.512. The third kappa shape index (κ3) is 23.9. The predicted octanol–water partition coefficient (Wildman–Crippen LogP) is 7.40. The third-order valence-corrected chi connectivity index (χ3v) is 1.92. The van der Waals surface area contributed by atoms with Gasteiger partial charge in [0, 0.05) is 0 Å². The first-order valence-corrected chi connectivity index (χ1v) is 8.39. The van der Waals surface area contributed by atoms with Gasteiger partial charge >= 0.3 is 0 Å². The highest BCUT2D eigenvalue weighted by atomic mass is 13.9. The summed E-state index contributed by atoms with van der Waals surface area (Å²) in [6, 6.07) is 22.5. The molecule has 0 bridgehead atoms. The van der Waals surface area contributed by atoms with Crippen LogP contribution in [-0.4, -0.2) is 0 Å². The largest absolute Gasteiger partial charge is 0.0683 e. The van der Waals surface area contributed by atoms with Crippen molar-refractivity contribution in [1.29, 1.82) is 0 Å². The highest BCUT2D eigenvalue weighted by molar-refractivity contribution is 5.13. The zero-order chi connectivity index (χ0) is 16.8. The number of hydrogen-bond acceptors (Lipinski definition) is 0. The van der Waals surface area contributed by atoms with E-state index >= 15 is 0 Å². The maximum Gasteiger partial charge on any atom is -0.0307 e. The molecule has 0 aliphatic rings. The summed E-state index contributed by atoms with van der Waals surface area (Å²) in [5.41, 5.74) is 1.41. The summed E-state index contributed by atoms with van der Waals surface area (Å²) in [7, 11) is 0. The van der Waals surface area contributed by atoms with E-state index in [1.165, 1.54) is 12.0 Å². The first kappa shape index (κ1) is 24.5. The van der Waals surface area contributed by atoms with E-state index in [1.54, 1.807) is 0 Å². The summed E-state index contributed by atoms with van der Waals surface area (Å²) in [5, 5.41) is 0. The van der Waals surface area contributed by atoms with E-state index in [9.17, 15) is 0 Å². The molecule has 0 aliphatic heterocycles. The van der Waals surface area contributed by atoms with E-state index in [-0.39, 0.29) is 0 Å². The molecule has 120 valence electrons. The standard InChI is InChI=1S/C8H10.C6H6.C3H8.2C2H6/c1-2-8-6-4-3-5-7-8;1-2-4-6-5-3-1;1-3-2;2*1-2/h3-7H,2H2,1H3;1-6H;3H2,1-2H3;2*1-2H3. The molecule has 0 heterocycles. The molecule has 0 radical (unpaired) electrons. The molecule has 0 aliphatic carbocycles. The SMILES string of the molecule is CC.CC.CCC.CCc1ccccc1.c1ccccc1.